The van der Waals surface area contributed by atoms with Gasteiger partial charge in [-0.15, -0.1) is 0 Å². The molecule has 2 heterocycles. The Morgan fingerprint density at radius 3 is 2.78 bits per heavy atom. The summed E-state index contributed by atoms with van der Waals surface area (Å²) in [6.07, 6.45) is 1.75. The number of urea groups is 1. The number of carbonyl (C=O) groups is 1. The highest BCUT2D eigenvalue weighted by atomic mass is 35.5. The van der Waals surface area contributed by atoms with Crippen LogP contribution < -0.4 is 15.0 Å². The molecule has 1 saturated heterocycles. The van der Waals surface area contributed by atoms with E-state index in [1.807, 2.05) is 0 Å². The van der Waals surface area contributed by atoms with Crippen LogP contribution in [-0.4, -0.2) is 53.0 Å². The fourth-order valence-electron chi connectivity index (χ4n) is 2.41. The Balaban J connectivity index is 1.61. The molecule has 23 heavy (non-hydrogen) atoms. The largest absolute Gasteiger partial charge is 0.495 e. The van der Waals surface area contributed by atoms with Crippen molar-refractivity contribution >= 4 is 40.9 Å². The van der Waals surface area contributed by atoms with E-state index in [0.29, 0.717) is 29.5 Å². The summed E-state index contributed by atoms with van der Waals surface area (Å²) in [5.41, 5.74) is 0.566. The number of halogens is 1. The first-order valence-corrected chi connectivity index (χ1v) is 8.20. The molecule has 1 aliphatic rings. The normalized spacial score (nSPS) is 14.7. The SMILES string of the molecule is COc1ccc(Cl)cc1NC(=O)N1CCN(c2cnsn2)CC1. The number of hydrogen-bond donors (Lipinski definition) is 1. The lowest BCUT2D eigenvalue weighted by molar-refractivity contribution is 0.208. The maximum atomic E-state index is 12.4. The summed E-state index contributed by atoms with van der Waals surface area (Å²) in [6, 6.07) is 4.96. The van der Waals surface area contributed by atoms with E-state index in [2.05, 4.69) is 19.0 Å². The van der Waals surface area contributed by atoms with Gasteiger partial charge in [0.05, 0.1) is 30.7 Å². The van der Waals surface area contributed by atoms with E-state index in [9.17, 15) is 4.79 Å². The molecule has 1 aromatic carbocycles. The quantitative estimate of drug-likeness (QED) is 0.918. The highest BCUT2D eigenvalue weighted by Crippen LogP contribution is 2.28. The van der Waals surface area contributed by atoms with E-state index in [4.69, 9.17) is 16.3 Å². The van der Waals surface area contributed by atoms with E-state index in [-0.39, 0.29) is 6.03 Å². The first-order chi connectivity index (χ1) is 11.2. The van der Waals surface area contributed by atoms with Crippen LogP contribution in [0.15, 0.2) is 24.4 Å². The molecule has 0 spiro atoms. The van der Waals surface area contributed by atoms with Crippen molar-refractivity contribution in [2.75, 3.05) is 43.5 Å². The van der Waals surface area contributed by atoms with E-state index in [1.165, 1.54) is 11.7 Å². The van der Waals surface area contributed by atoms with Crippen LogP contribution in [0, 0.1) is 0 Å². The van der Waals surface area contributed by atoms with Gasteiger partial charge in [0.15, 0.2) is 5.82 Å². The lowest BCUT2D eigenvalue weighted by atomic mass is 10.3. The summed E-state index contributed by atoms with van der Waals surface area (Å²) in [7, 11) is 1.56. The van der Waals surface area contributed by atoms with Crippen LogP contribution in [0.4, 0.5) is 16.3 Å². The van der Waals surface area contributed by atoms with Crippen LogP contribution in [0.1, 0.15) is 0 Å². The number of piperazine rings is 1. The van der Waals surface area contributed by atoms with Crippen molar-refractivity contribution in [2.45, 2.75) is 0 Å². The van der Waals surface area contributed by atoms with Crippen molar-refractivity contribution in [3.63, 3.8) is 0 Å². The van der Waals surface area contributed by atoms with E-state index in [1.54, 1.807) is 36.4 Å². The van der Waals surface area contributed by atoms with Gasteiger partial charge in [0.2, 0.25) is 0 Å². The summed E-state index contributed by atoms with van der Waals surface area (Å²) in [5.74, 6) is 1.45. The lowest BCUT2D eigenvalue weighted by Gasteiger charge is -2.34. The molecular formula is C14H16ClN5O2S. The molecule has 0 saturated carbocycles. The Morgan fingerprint density at radius 1 is 1.35 bits per heavy atom. The Labute approximate surface area is 143 Å². The molecule has 2 aromatic rings. The Hall–Kier alpha value is -2.06. The molecule has 7 nitrogen and oxygen atoms in total. The third-order valence-corrected chi connectivity index (χ3v) is 4.35. The van der Waals surface area contributed by atoms with Crippen LogP contribution in [0.3, 0.4) is 0 Å². The number of carbonyl (C=O) groups excluding carboxylic acids is 1. The molecule has 0 radical (unpaired) electrons. The Morgan fingerprint density at radius 2 is 2.13 bits per heavy atom. The fraction of sp³-hybridized carbons (Fsp3) is 0.357. The van der Waals surface area contributed by atoms with Gasteiger partial charge in [0.25, 0.3) is 0 Å². The molecule has 1 aromatic heterocycles. The van der Waals surface area contributed by atoms with E-state index in [0.717, 1.165) is 18.9 Å². The second-order valence-electron chi connectivity index (χ2n) is 5.01. The average Bonchev–Trinajstić information content (AvgIpc) is 3.10. The van der Waals surface area contributed by atoms with Gasteiger partial charge in [-0.3, -0.25) is 0 Å². The topological polar surface area (TPSA) is 70.6 Å². The molecule has 0 atom stereocenters. The maximum absolute atomic E-state index is 12.4. The standard InChI is InChI=1S/C14H16ClN5O2S/c1-22-12-3-2-10(15)8-11(12)17-14(21)20-6-4-19(5-7-20)13-9-16-23-18-13/h2-3,8-9H,4-7H2,1H3,(H,17,21). The van der Waals surface area contributed by atoms with Crippen molar-refractivity contribution in [1.29, 1.82) is 0 Å². The van der Waals surface area contributed by atoms with E-state index < -0.39 is 0 Å². The predicted octanol–water partition coefficient (Wildman–Crippen LogP) is 2.55. The number of rotatable bonds is 3. The monoisotopic (exact) mass is 353 g/mol. The van der Waals surface area contributed by atoms with Crippen molar-refractivity contribution in [3.05, 3.63) is 29.4 Å². The number of hydrogen-bond acceptors (Lipinski definition) is 6. The third-order valence-electron chi connectivity index (χ3n) is 3.64. The molecule has 9 heteroatoms. The summed E-state index contributed by atoms with van der Waals surface area (Å²) in [5, 5.41) is 3.40. The van der Waals surface area contributed by atoms with Gasteiger partial charge in [-0.25, -0.2) is 4.79 Å². The zero-order valence-corrected chi connectivity index (χ0v) is 14.1. The minimum atomic E-state index is -0.165. The number of benzene rings is 1. The molecular weight excluding hydrogens is 338 g/mol. The maximum Gasteiger partial charge on any atom is 0.322 e. The number of aromatic nitrogens is 2. The number of ether oxygens (including phenoxy) is 1. The molecule has 1 fully saturated rings. The summed E-state index contributed by atoms with van der Waals surface area (Å²) in [6.45, 7) is 2.69. The fourth-order valence-corrected chi connectivity index (χ4v) is 3.02. The van der Waals surface area contributed by atoms with Gasteiger partial charge in [-0.1, -0.05) is 11.6 Å². The van der Waals surface area contributed by atoms with Gasteiger partial charge in [-0.05, 0) is 18.2 Å². The van der Waals surface area contributed by atoms with Crippen molar-refractivity contribution in [1.82, 2.24) is 13.6 Å². The van der Waals surface area contributed by atoms with Crippen LogP contribution in [0.25, 0.3) is 0 Å². The molecule has 2 amide bonds. The lowest BCUT2D eigenvalue weighted by Crippen LogP contribution is -2.50. The number of nitrogens with zero attached hydrogens (tertiary/aromatic N) is 4. The molecule has 1 N–H and O–H groups in total. The number of nitrogens with one attached hydrogen (secondary N) is 1. The number of methoxy groups -OCH3 is 1. The first-order valence-electron chi connectivity index (χ1n) is 7.09. The van der Waals surface area contributed by atoms with E-state index >= 15 is 0 Å². The number of amides is 2. The van der Waals surface area contributed by atoms with Crippen LogP contribution >= 0.6 is 23.3 Å². The molecule has 1 aliphatic heterocycles. The van der Waals surface area contributed by atoms with Gasteiger partial charge >= 0.3 is 6.03 Å². The molecule has 0 bridgehead atoms. The molecule has 122 valence electrons. The number of anilines is 2. The predicted molar refractivity (Wildman–Crippen MR) is 90.7 cm³/mol. The summed E-state index contributed by atoms with van der Waals surface area (Å²) < 4.78 is 13.5. The zero-order valence-electron chi connectivity index (χ0n) is 12.5. The van der Waals surface area contributed by atoms with Crippen LogP contribution in [0.5, 0.6) is 5.75 Å². The molecule has 0 unspecified atom stereocenters. The third kappa shape index (κ3) is 3.65. The second kappa shape index (κ2) is 7.01. The highest BCUT2D eigenvalue weighted by Gasteiger charge is 2.23. The second-order valence-corrected chi connectivity index (χ2v) is 6.01. The van der Waals surface area contributed by atoms with Crippen LogP contribution in [0.2, 0.25) is 5.02 Å². The van der Waals surface area contributed by atoms with Crippen LogP contribution in [-0.2, 0) is 0 Å². The van der Waals surface area contributed by atoms with Crippen molar-refractivity contribution in [3.8, 4) is 5.75 Å². The molecule has 0 aliphatic carbocycles. The van der Waals surface area contributed by atoms with Crippen molar-refractivity contribution < 1.29 is 9.53 Å². The smallest absolute Gasteiger partial charge is 0.322 e. The Bertz CT molecular complexity index is 674. The summed E-state index contributed by atoms with van der Waals surface area (Å²) >= 11 is 7.17. The van der Waals surface area contributed by atoms with Gasteiger partial charge in [-0.2, -0.15) is 8.75 Å². The first kappa shape index (κ1) is 15.8. The minimum absolute atomic E-state index is 0.165. The molecule has 3 rings (SSSR count). The van der Waals surface area contributed by atoms with Crippen molar-refractivity contribution in [2.24, 2.45) is 0 Å². The minimum Gasteiger partial charge on any atom is -0.495 e. The van der Waals surface area contributed by atoms with Gasteiger partial charge in [0, 0.05) is 31.2 Å². The zero-order chi connectivity index (χ0) is 16.2. The Kier molecular flexibility index (Phi) is 4.82. The summed E-state index contributed by atoms with van der Waals surface area (Å²) in [4.78, 5) is 16.3. The van der Waals surface area contributed by atoms with Gasteiger partial charge in [0.1, 0.15) is 5.75 Å². The average molecular weight is 354 g/mol. The van der Waals surface area contributed by atoms with Gasteiger partial charge < -0.3 is 19.9 Å². The highest BCUT2D eigenvalue weighted by molar-refractivity contribution is 6.99.